The number of aldehydes is 1. The fraction of sp³-hybridized carbons (Fsp3) is 0.286. The lowest BCUT2D eigenvalue weighted by molar-refractivity contribution is 0.110. The summed E-state index contributed by atoms with van der Waals surface area (Å²) < 4.78 is 5.42. The summed E-state index contributed by atoms with van der Waals surface area (Å²) in [6.45, 7) is 5.47. The molecule has 0 atom stereocenters. The Bertz CT molecular complexity index is 534. The van der Waals surface area contributed by atoms with Crippen molar-refractivity contribution in [1.82, 2.24) is 4.98 Å². The summed E-state index contributed by atoms with van der Waals surface area (Å²) in [7, 11) is 0. The van der Waals surface area contributed by atoms with Crippen molar-refractivity contribution in [2.24, 2.45) is 0 Å². The number of pyridine rings is 1. The highest BCUT2D eigenvalue weighted by Gasteiger charge is 2.10. The van der Waals surface area contributed by atoms with Crippen molar-refractivity contribution in [3.05, 3.63) is 47.5 Å². The molecule has 0 amide bonds. The summed E-state index contributed by atoms with van der Waals surface area (Å²) in [6, 6.07) is 9.43. The van der Waals surface area contributed by atoms with Crippen LogP contribution in [-0.2, 0) is 6.54 Å². The Morgan fingerprint density at radius 1 is 1.33 bits per heavy atom. The number of hydrogen-bond acceptors (Lipinski definition) is 4. The second-order valence-electron chi connectivity index (χ2n) is 4.08. The Hall–Kier alpha value is -2.10. The predicted octanol–water partition coefficient (Wildman–Crippen LogP) is 2.82. The fourth-order valence-corrected chi connectivity index (χ4v) is 1.80. The second kappa shape index (κ2) is 5.49. The normalized spacial score (nSPS) is 10.3. The van der Waals surface area contributed by atoms with E-state index >= 15 is 0 Å². The van der Waals surface area contributed by atoms with E-state index in [4.69, 9.17) is 4.42 Å². The molecule has 0 fully saturated rings. The van der Waals surface area contributed by atoms with E-state index in [0.717, 1.165) is 17.9 Å². The molecular weight excluding hydrogens is 228 g/mol. The van der Waals surface area contributed by atoms with Gasteiger partial charge in [-0.15, -0.1) is 0 Å². The van der Waals surface area contributed by atoms with Crippen molar-refractivity contribution < 1.29 is 9.21 Å². The van der Waals surface area contributed by atoms with Gasteiger partial charge in [-0.05, 0) is 32.0 Å². The van der Waals surface area contributed by atoms with E-state index in [2.05, 4.69) is 4.98 Å². The molecule has 2 aromatic heterocycles. The molecule has 0 aromatic carbocycles. The number of carbonyl (C=O) groups is 1. The van der Waals surface area contributed by atoms with Crippen molar-refractivity contribution in [3.8, 4) is 0 Å². The molecule has 0 saturated heterocycles. The molecule has 0 aliphatic heterocycles. The number of rotatable bonds is 5. The number of aromatic nitrogens is 1. The third-order valence-electron chi connectivity index (χ3n) is 2.72. The van der Waals surface area contributed by atoms with E-state index in [1.807, 2.05) is 43.0 Å². The lowest BCUT2D eigenvalue weighted by Gasteiger charge is -2.19. The molecule has 0 aliphatic carbocycles. The van der Waals surface area contributed by atoms with Crippen LogP contribution in [0.3, 0.4) is 0 Å². The van der Waals surface area contributed by atoms with Crippen LogP contribution in [0.25, 0.3) is 0 Å². The Morgan fingerprint density at radius 2 is 2.17 bits per heavy atom. The van der Waals surface area contributed by atoms with Gasteiger partial charge in [-0.25, -0.2) is 0 Å². The van der Waals surface area contributed by atoms with Gasteiger partial charge in [0.05, 0.1) is 12.2 Å². The third kappa shape index (κ3) is 2.77. The van der Waals surface area contributed by atoms with E-state index in [9.17, 15) is 4.79 Å². The van der Waals surface area contributed by atoms with E-state index in [-0.39, 0.29) is 0 Å². The van der Waals surface area contributed by atoms with Crippen LogP contribution in [0.1, 0.15) is 28.9 Å². The molecule has 0 saturated carbocycles. The van der Waals surface area contributed by atoms with Crippen LogP contribution >= 0.6 is 0 Å². The van der Waals surface area contributed by atoms with Gasteiger partial charge in [0.25, 0.3) is 0 Å². The van der Waals surface area contributed by atoms with Gasteiger partial charge >= 0.3 is 0 Å². The molecule has 4 heteroatoms. The molecule has 0 N–H and O–H groups in total. The average molecular weight is 244 g/mol. The monoisotopic (exact) mass is 244 g/mol. The summed E-state index contributed by atoms with van der Waals surface area (Å²) in [5.41, 5.74) is 1.98. The van der Waals surface area contributed by atoms with Crippen molar-refractivity contribution in [1.29, 1.82) is 0 Å². The van der Waals surface area contributed by atoms with Gasteiger partial charge in [0.1, 0.15) is 0 Å². The second-order valence-corrected chi connectivity index (χ2v) is 4.08. The van der Waals surface area contributed by atoms with Gasteiger partial charge in [-0.1, -0.05) is 6.07 Å². The van der Waals surface area contributed by atoms with Crippen LogP contribution in [0, 0.1) is 6.92 Å². The largest absolute Gasteiger partial charge is 0.438 e. The Balaban J connectivity index is 2.16. The maximum atomic E-state index is 10.6. The highest BCUT2D eigenvalue weighted by atomic mass is 16.4. The van der Waals surface area contributed by atoms with Crippen molar-refractivity contribution in [2.75, 3.05) is 11.4 Å². The van der Waals surface area contributed by atoms with Crippen LogP contribution in [0.2, 0.25) is 0 Å². The molecule has 0 aliphatic rings. The minimum atomic E-state index is 0.348. The number of anilines is 1. The lowest BCUT2D eigenvalue weighted by Crippen LogP contribution is -2.22. The molecule has 4 nitrogen and oxygen atoms in total. The van der Waals surface area contributed by atoms with Crippen LogP contribution in [0.4, 0.5) is 5.88 Å². The van der Waals surface area contributed by atoms with E-state index in [1.54, 1.807) is 6.07 Å². The Kier molecular flexibility index (Phi) is 3.77. The molecule has 0 radical (unpaired) electrons. The zero-order chi connectivity index (χ0) is 13.0. The summed E-state index contributed by atoms with van der Waals surface area (Å²) in [5.74, 6) is 1.04. The molecule has 0 unspecified atom stereocenters. The van der Waals surface area contributed by atoms with Gasteiger partial charge in [0.2, 0.25) is 0 Å². The summed E-state index contributed by atoms with van der Waals surface area (Å²) >= 11 is 0. The predicted molar refractivity (Wildman–Crippen MR) is 69.8 cm³/mol. The summed E-state index contributed by atoms with van der Waals surface area (Å²) in [6.07, 6.45) is 0.711. The first kappa shape index (κ1) is 12.4. The highest BCUT2D eigenvalue weighted by molar-refractivity contribution is 5.71. The van der Waals surface area contributed by atoms with Crippen LogP contribution in [0.15, 0.2) is 34.7 Å². The van der Waals surface area contributed by atoms with E-state index in [0.29, 0.717) is 24.5 Å². The first-order valence-electron chi connectivity index (χ1n) is 5.95. The zero-order valence-corrected chi connectivity index (χ0v) is 10.6. The minimum absolute atomic E-state index is 0.348. The SMILES string of the molecule is CCN(Cc1cccc(C)n1)c1ccc(C=O)o1. The number of furan rings is 1. The smallest absolute Gasteiger partial charge is 0.196 e. The minimum Gasteiger partial charge on any atom is -0.438 e. The zero-order valence-electron chi connectivity index (χ0n) is 10.6. The number of hydrogen-bond donors (Lipinski definition) is 0. The number of nitrogens with zero attached hydrogens (tertiary/aromatic N) is 2. The maximum absolute atomic E-state index is 10.6. The van der Waals surface area contributed by atoms with Crippen LogP contribution in [-0.4, -0.2) is 17.8 Å². The van der Waals surface area contributed by atoms with Gasteiger partial charge in [0, 0.05) is 18.3 Å². The molecule has 94 valence electrons. The van der Waals surface area contributed by atoms with E-state index < -0.39 is 0 Å². The molecule has 2 heterocycles. The standard InChI is InChI=1S/C14H16N2O2/c1-3-16(14-8-7-13(10-17)18-14)9-12-6-4-5-11(2)15-12/h4-8,10H,3,9H2,1-2H3. The lowest BCUT2D eigenvalue weighted by atomic mass is 10.3. The molecule has 2 aromatic rings. The van der Waals surface area contributed by atoms with Gasteiger partial charge in [-0.2, -0.15) is 0 Å². The van der Waals surface area contributed by atoms with Crippen molar-refractivity contribution >= 4 is 12.2 Å². The maximum Gasteiger partial charge on any atom is 0.196 e. The first-order chi connectivity index (χ1) is 8.72. The Labute approximate surface area is 106 Å². The van der Waals surface area contributed by atoms with Gasteiger partial charge in [-0.3, -0.25) is 9.78 Å². The Morgan fingerprint density at radius 3 is 2.78 bits per heavy atom. The molecular formula is C14H16N2O2. The van der Waals surface area contributed by atoms with E-state index in [1.165, 1.54) is 0 Å². The highest BCUT2D eigenvalue weighted by Crippen LogP contribution is 2.19. The molecule has 0 bridgehead atoms. The molecule has 0 spiro atoms. The fourth-order valence-electron chi connectivity index (χ4n) is 1.80. The molecule has 2 rings (SSSR count). The number of aryl methyl sites for hydroxylation is 1. The van der Waals surface area contributed by atoms with Crippen LogP contribution in [0.5, 0.6) is 0 Å². The summed E-state index contributed by atoms with van der Waals surface area (Å²) in [4.78, 5) is 17.1. The quantitative estimate of drug-likeness (QED) is 0.759. The van der Waals surface area contributed by atoms with Gasteiger partial charge < -0.3 is 9.32 Å². The first-order valence-corrected chi connectivity index (χ1v) is 5.95. The topological polar surface area (TPSA) is 46.3 Å². The van der Waals surface area contributed by atoms with Gasteiger partial charge in [0.15, 0.2) is 17.9 Å². The number of carbonyl (C=O) groups excluding carboxylic acids is 1. The van der Waals surface area contributed by atoms with Crippen molar-refractivity contribution in [2.45, 2.75) is 20.4 Å². The third-order valence-corrected chi connectivity index (χ3v) is 2.72. The molecule has 18 heavy (non-hydrogen) atoms. The average Bonchev–Trinajstić information content (AvgIpc) is 2.84. The van der Waals surface area contributed by atoms with Crippen molar-refractivity contribution in [3.63, 3.8) is 0 Å². The summed E-state index contributed by atoms with van der Waals surface area (Å²) in [5, 5.41) is 0. The van der Waals surface area contributed by atoms with Crippen LogP contribution < -0.4 is 4.90 Å².